The fraction of sp³-hybridized carbons (Fsp3) is 0.600. The highest BCUT2D eigenvalue weighted by atomic mass is 35.5. The third-order valence-electron chi connectivity index (χ3n) is 3.95. The molecule has 3 heteroatoms. The first-order chi connectivity index (χ1) is 8.50. The molecule has 18 heavy (non-hydrogen) atoms. The molecule has 2 nitrogen and oxygen atoms in total. The largest absolute Gasteiger partial charge is 0.366 e. The summed E-state index contributed by atoms with van der Waals surface area (Å²) in [5, 5.41) is 4.49. The van der Waals surface area contributed by atoms with Crippen LogP contribution in [0.5, 0.6) is 0 Å². The van der Waals surface area contributed by atoms with Crippen molar-refractivity contribution < 1.29 is 0 Å². The number of hydrogen-bond acceptors (Lipinski definition) is 2. The number of hydrogen-bond donors (Lipinski definition) is 1. The first-order valence-electron chi connectivity index (χ1n) is 6.76. The Bertz CT molecular complexity index is 417. The lowest BCUT2D eigenvalue weighted by Crippen LogP contribution is -2.57. The minimum atomic E-state index is 0.511. The second-order valence-electron chi connectivity index (χ2n) is 5.64. The molecule has 0 amide bonds. The van der Waals surface area contributed by atoms with Crippen LogP contribution in [0, 0.1) is 12.8 Å². The molecule has 1 aliphatic rings. The first kappa shape index (κ1) is 13.7. The lowest BCUT2D eigenvalue weighted by atomic mass is 9.98. The number of nitrogens with one attached hydrogen (secondary N) is 1. The third-order valence-corrected chi connectivity index (χ3v) is 4.36. The maximum Gasteiger partial charge on any atom is 0.0455 e. The van der Waals surface area contributed by atoms with Crippen LogP contribution in [0.2, 0.25) is 5.02 Å². The molecule has 0 saturated carbocycles. The fourth-order valence-electron chi connectivity index (χ4n) is 2.58. The second-order valence-corrected chi connectivity index (χ2v) is 6.05. The Balaban J connectivity index is 2.27. The lowest BCUT2D eigenvalue weighted by Gasteiger charge is -2.42. The van der Waals surface area contributed by atoms with Gasteiger partial charge in [0.1, 0.15) is 0 Å². The average Bonchev–Trinajstić information content (AvgIpc) is 2.33. The van der Waals surface area contributed by atoms with Crippen LogP contribution in [0.15, 0.2) is 18.2 Å². The molecule has 2 atom stereocenters. The van der Waals surface area contributed by atoms with E-state index in [9.17, 15) is 0 Å². The van der Waals surface area contributed by atoms with E-state index in [0.717, 1.165) is 18.1 Å². The summed E-state index contributed by atoms with van der Waals surface area (Å²) in [6, 6.07) is 7.26. The van der Waals surface area contributed by atoms with Crippen LogP contribution < -0.4 is 10.2 Å². The van der Waals surface area contributed by atoms with Crippen molar-refractivity contribution in [1.29, 1.82) is 0 Å². The van der Waals surface area contributed by atoms with Gasteiger partial charge in [-0.05, 0) is 37.5 Å². The summed E-state index contributed by atoms with van der Waals surface area (Å²) in [4.78, 5) is 2.49. The molecule has 0 spiro atoms. The Kier molecular flexibility index (Phi) is 4.18. The molecule has 1 aromatic rings. The number of halogens is 1. The molecule has 1 aliphatic heterocycles. The van der Waals surface area contributed by atoms with Gasteiger partial charge in [-0.15, -0.1) is 0 Å². The van der Waals surface area contributed by atoms with E-state index in [1.165, 1.54) is 11.3 Å². The van der Waals surface area contributed by atoms with Crippen LogP contribution in [-0.4, -0.2) is 25.2 Å². The molecule has 100 valence electrons. The van der Waals surface area contributed by atoms with Crippen LogP contribution in [0.25, 0.3) is 0 Å². The summed E-state index contributed by atoms with van der Waals surface area (Å²) in [6.07, 6.45) is 0. The maximum atomic E-state index is 6.24. The van der Waals surface area contributed by atoms with Crippen LogP contribution in [0.4, 0.5) is 5.69 Å². The summed E-state index contributed by atoms with van der Waals surface area (Å²) in [6.45, 7) is 11.0. The Labute approximate surface area is 115 Å². The molecular formula is C15H23ClN2. The number of benzene rings is 1. The van der Waals surface area contributed by atoms with Gasteiger partial charge in [0.05, 0.1) is 0 Å². The molecule has 0 bridgehead atoms. The highest BCUT2D eigenvalue weighted by Gasteiger charge is 2.27. The van der Waals surface area contributed by atoms with Gasteiger partial charge in [0.2, 0.25) is 0 Å². The Morgan fingerprint density at radius 2 is 2.11 bits per heavy atom. The molecule has 1 N–H and O–H groups in total. The molecule has 0 aromatic heterocycles. The van der Waals surface area contributed by atoms with Gasteiger partial charge in [-0.25, -0.2) is 0 Å². The number of anilines is 1. The molecule has 2 unspecified atom stereocenters. The summed E-state index contributed by atoms with van der Waals surface area (Å²) in [5.74, 6) is 0.652. The van der Waals surface area contributed by atoms with Gasteiger partial charge in [-0.2, -0.15) is 0 Å². The predicted octanol–water partition coefficient (Wildman–Crippen LogP) is 3.47. The van der Waals surface area contributed by atoms with Crippen molar-refractivity contribution >= 4 is 17.3 Å². The fourth-order valence-corrected chi connectivity index (χ4v) is 2.75. The lowest BCUT2D eigenvalue weighted by molar-refractivity contribution is 0.337. The molecule has 1 heterocycles. The van der Waals surface area contributed by atoms with Crippen molar-refractivity contribution in [3.05, 3.63) is 28.8 Å². The third kappa shape index (κ3) is 2.65. The van der Waals surface area contributed by atoms with Crippen molar-refractivity contribution in [3.8, 4) is 0 Å². The van der Waals surface area contributed by atoms with E-state index in [1.54, 1.807) is 0 Å². The Morgan fingerprint density at radius 1 is 1.39 bits per heavy atom. The van der Waals surface area contributed by atoms with Crippen molar-refractivity contribution in [2.24, 2.45) is 5.92 Å². The summed E-state index contributed by atoms with van der Waals surface area (Å²) in [7, 11) is 0. The zero-order chi connectivity index (χ0) is 13.3. The van der Waals surface area contributed by atoms with Gasteiger partial charge in [0, 0.05) is 35.9 Å². The molecule has 1 saturated heterocycles. The quantitative estimate of drug-likeness (QED) is 0.882. The molecule has 0 radical (unpaired) electrons. The summed E-state index contributed by atoms with van der Waals surface area (Å²) < 4.78 is 0. The molecule has 2 rings (SSSR count). The van der Waals surface area contributed by atoms with Crippen molar-refractivity contribution in [2.45, 2.75) is 39.8 Å². The SMILES string of the molecule is Cc1c(Cl)cccc1N1CC(C(C)C)NCC1C. The molecule has 1 aromatic carbocycles. The van der Waals surface area contributed by atoms with E-state index in [2.05, 4.69) is 44.0 Å². The monoisotopic (exact) mass is 266 g/mol. The zero-order valence-electron chi connectivity index (χ0n) is 11.7. The van der Waals surface area contributed by atoms with Crippen LogP contribution >= 0.6 is 11.6 Å². The molecule has 1 fully saturated rings. The second kappa shape index (κ2) is 5.50. The minimum Gasteiger partial charge on any atom is -0.366 e. The summed E-state index contributed by atoms with van der Waals surface area (Å²) >= 11 is 6.24. The topological polar surface area (TPSA) is 15.3 Å². The minimum absolute atomic E-state index is 0.511. The highest BCUT2D eigenvalue weighted by molar-refractivity contribution is 6.31. The predicted molar refractivity (Wildman–Crippen MR) is 79.6 cm³/mol. The van der Waals surface area contributed by atoms with E-state index in [1.807, 2.05) is 12.1 Å². The maximum absolute atomic E-state index is 6.24. The van der Waals surface area contributed by atoms with Gasteiger partial charge >= 0.3 is 0 Å². The van der Waals surface area contributed by atoms with Gasteiger partial charge < -0.3 is 10.2 Å². The van der Waals surface area contributed by atoms with Crippen molar-refractivity contribution in [1.82, 2.24) is 5.32 Å². The van der Waals surface area contributed by atoms with Crippen molar-refractivity contribution in [2.75, 3.05) is 18.0 Å². The summed E-state index contributed by atoms with van der Waals surface area (Å²) in [5.41, 5.74) is 2.47. The van der Waals surface area contributed by atoms with Crippen LogP contribution in [0.3, 0.4) is 0 Å². The standard InChI is InChI=1S/C15H23ClN2/c1-10(2)14-9-18(11(3)8-17-14)15-7-5-6-13(16)12(15)4/h5-7,10-11,14,17H,8-9H2,1-4H3. The Hall–Kier alpha value is -0.730. The van der Waals surface area contributed by atoms with Crippen molar-refractivity contribution in [3.63, 3.8) is 0 Å². The van der Waals surface area contributed by atoms with Gasteiger partial charge in [-0.1, -0.05) is 31.5 Å². The average molecular weight is 267 g/mol. The van der Waals surface area contributed by atoms with E-state index < -0.39 is 0 Å². The first-order valence-corrected chi connectivity index (χ1v) is 7.13. The van der Waals surface area contributed by atoms with E-state index in [4.69, 9.17) is 11.6 Å². The van der Waals surface area contributed by atoms with Gasteiger partial charge in [-0.3, -0.25) is 0 Å². The van der Waals surface area contributed by atoms with E-state index in [-0.39, 0.29) is 0 Å². The van der Waals surface area contributed by atoms with Gasteiger partial charge in [0.25, 0.3) is 0 Å². The highest BCUT2D eigenvalue weighted by Crippen LogP contribution is 2.29. The molecule has 0 aliphatic carbocycles. The van der Waals surface area contributed by atoms with Crippen LogP contribution in [0.1, 0.15) is 26.3 Å². The number of rotatable bonds is 2. The van der Waals surface area contributed by atoms with Crippen LogP contribution in [-0.2, 0) is 0 Å². The number of nitrogens with zero attached hydrogens (tertiary/aromatic N) is 1. The van der Waals surface area contributed by atoms with Gasteiger partial charge in [0.15, 0.2) is 0 Å². The van der Waals surface area contributed by atoms with E-state index in [0.29, 0.717) is 18.0 Å². The normalized spacial score (nSPS) is 24.7. The number of piperazine rings is 1. The molecular weight excluding hydrogens is 244 g/mol. The zero-order valence-corrected chi connectivity index (χ0v) is 12.5. The Morgan fingerprint density at radius 3 is 2.78 bits per heavy atom. The van der Waals surface area contributed by atoms with E-state index >= 15 is 0 Å². The smallest absolute Gasteiger partial charge is 0.0455 e.